The Balaban J connectivity index is 2.72. The average Bonchev–Trinajstić information content (AvgIpc) is 2.15. The first kappa shape index (κ1) is 9.78. The molecule has 0 aromatic heterocycles. The van der Waals surface area contributed by atoms with Crippen LogP contribution in [-0.4, -0.2) is 6.26 Å². The van der Waals surface area contributed by atoms with E-state index in [0.717, 1.165) is 5.56 Å². The zero-order chi connectivity index (χ0) is 9.52. The van der Waals surface area contributed by atoms with Crippen molar-refractivity contribution in [2.75, 3.05) is 6.26 Å². The Kier molecular flexibility index (Phi) is 4.03. The third-order valence-electron chi connectivity index (χ3n) is 1.47. The largest absolute Gasteiger partial charge is 0.0775 e. The minimum absolute atomic E-state index is 1.01. The van der Waals surface area contributed by atoms with Gasteiger partial charge in [-0.2, -0.15) is 0 Å². The SMILES string of the molecule is CSC#CC#Cc1ccc(C)cc1. The molecule has 1 aromatic carbocycles. The smallest absolute Gasteiger partial charge is 0.0255 e. The highest BCUT2D eigenvalue weighted by Gasteiger charge is 1.84. The first-order valence-electron chi connectivity index (χ1n) is 3.93. The lowest BCUT2D eigenvalue weighted by molar-refractivity contribution is 1.46. The number of hydrogen-bond donors (Lipinski definition) is 0. The summed E-state index contributed by atoms with van der Waals surface area (Å²) in [6, 6.07) is 8.10. The lowest BCUT2D eigenvalue weighted by Crippen LogP contribution is -1.73. The van der Waals surface area contributed by atoms with E-state index in [1.54, 1.807) is 0 Å². The van der Waals surface area contributed by atoms with Gasteiger partial charge in [-0.1, -0.05) is 35.4 Å². The predicted molar refractivity (Wildman–Crippen MR) is 59.3 cm³/mol. The highest BCUT2D eigenvalue weighted by atomic mass is 32.2. The van der Waals surface area contributed by atoms with Gasteiger partial charge in [0.2, 0.25) is 0 Å². The fraction of sp³-hybridized carbons (Fsp3) is 0.167. The van der Waals surface area contributed by atoms with E-state index in [0.29, 0.717) is 0 Å². The number of benzene rings is 1. The number of thioether (sulfide) groups is 1. The van der Waals surface area contributed by atoms with Gasteiger partial charge in [0.25, 0.3) is 0 Å². The zero-order valence-corrected chi connectivity index (χ0v) is 8.53. The fourth-order valence-electron chi connectivity index (χ4n) is 0.817. The van der Waals surface area contributed by atoms with Gasteiger partial charge in [0.1, 0.15) is 0 Å². The maximum absolute atomic E-state index is 2.97. The Labute approximate surface area is 83.7 Å². The molecule has 0 spiro atoms. The second-order valence-corrected chi connectivity index (χ2v) is 3.16. The van der Waals surface area contributed by atoms with E-state index >= 15 is 0 Å². The normalized spacial score (nSPS) is 7.85. The van der Waals surface area contributed by atoms with Gasteiger partial charge in [0, 0.05) is 5.56 Å². The lowest BCUT2D eigenvalue weighted by atomic mass is 10.2. The van der Waals surface area contributed by atoms with E-state index in [9.17, 15) is 0 Å². The van der Waals surface area contributed by atoms with Crippen molar-refractivity contribution in [3.05, 3.63) is 35.4 Å². The molecule has 0 atom stereocenters. The molecule has 0 saturated heterocycles. The number of rotatable bonds is 0. The molecule has 1 rings (SSSR count). The van der Waals surface area contributed by atoms with Crippen molar-refractivity contribution < 1.29 is 0 Å². The summed E-state index contributed by atoms with van der Waals surface area (Å²) in [4.78, 5) is 0. The summed E-state index contributed by atoms with van der Waals surface area (Å²) in [6.07, 6.45) is 1.93. The van der Waals surface area contributed by atoms with Crippen LogP contribution in [0.4, 0.5) is 0 Å². The van der Waals surface area contributed by atoms with Gasteiger partial charge in [0.15, 0.2) is 0 Å². The summed E-state index contributed by atoms with van der Waals surface area (Å²) < 4.78 is 0. The molecule has 0 N–H and O–H groups in total. The molecule has 64 valence electrons. The molecule has 0 aliphatic carbocycles. The lowest BCUT2D eigenvalue weighted by Gasteiger charge is -1.90. The fourth-order valence-corrected chi connectivity index (χ4v) is 0.970. The standard InChI is InChI=1S/C12H10S/c1-11-6-8-12(9-7-11)5-3-4-10-13-2/h6-9H,1-2H3. The van der Waals surface area contributed by atoms with E-state index in [1.165, 1.54) is 17.3 Å². The maximum Gasteiger partial charge on any atom is 0.0255 e. The molecule has 0 saturated carbocycles. The molecule has 0 heterocycles. The molecule has 1 aromatic rings. The Bertz CT molecular complexity index is 379. The minimum atomic E-state index is 1.01. The van der Waals surface area contributed by atoms with Gasteiger partial charge in [-0.05, 0) is 42.4 Å². The Morgan fingerprint density at radius 1 is 1.08 bits per heavy atom. The van der Waals surface area contributed by atoms with Crippen LogP contribution in [0.2, 0.25) is 0 Å². The predicted octanol–water partition coefficient (Wildman–Crippen LogP) is 2.67. The van der Waals surface area contributed by atoms with Crippen LogP contribution in [0.3, 0.4) is 0 Å². The van der Waals surface area contributed by atoms with Crippen LogP contribution in [0.1, 0.15) is 11.1 Å². The topological polar surface area (TPSA) is 0 Å². The molecular weight excluding hydrogens is 176 g/mol. The molecule has 13 heavy (non-hydrogen) atoms. The van der Waals surface area contributed by atoms with Gasteiger partial charge in [-0.25, -0.2) is 0 Å². The summed E-state index contributed by atoms with van der Waals surface area (Å²) >= 11 is 1.48. The highest BCUT2D eigenvalue weighted by Crippen LogP contribution is 2.00. The minimum Gasteiger partial charge on any atom is -0.0775 e. The Morgan fingerprint density at radius 2 is 1.77 bits per heavy atom. The van der Waals surface area contributed by atoms with Crippen LogP contribution in [0.15, 0.2) is 24.3 Å². The molecule has 0 radical (unpaired) electrons. The zero-order valence-electron chi connectivity index (χ0n) is 7.72. The van der Waals surface area contributed by atoms with Crippen LogP contribution < -0.4 is 0 Å². The first-order valence-corrected chi connectivity index (χ1v) is 5.16. The van der Waals surface area contributed by atoms with Gasteiger partial charge in [-0.3, -0.25) is 0 Å². The molecule has 0 amide bonds. The number of aryl methyl sites for hydroxylation is 1. The summed E-state index contributed by atoms with van der Waals surface area (Å²) in [7, 11) is 0. The summed E-state index contributed by atoms with van der Waals surface area (Å²) in [5.41, 5.74) is 2.27. The van der Waals surface area contributed by atoms with Crippen LogP contribution in [0.5, 0.6) is 0 Å². The van der Waals surface area contributed by atoms with Gasteiger partial charge in [0.05, 0.1) is 0 Å². The van der Waals surface area contributed by atoms with E-state index in [4.69, 9.17) is 0 Å². The van der Waals surface area contributed by atoms with Crippen molar-refractivity contribution in [2.24, 2.45) is 0 Å². The average molecular weight is 186 g/mol. The van der Waals surface area contributed by atoms with Gasteiger partial charge < -0.3 is 0 Å². The van der Waals surface area contributed by atoms with E-state index in [1.807, 2.05) is 30.5 Å². The van der Waals surface area contributed by atoms with Crippen LogP contribution in [-0.2, 0) is 0 Å². The van der Waals surface area contributed by atoms with Gasteiger partial charge in [-0.15, -0.1) is 0 Å². The maximum atomic E-state index is 2.97. The van der Waals surface area contributed by atoms with Crippen molar-refractivity contribution in [1.29, 1.82) is 0 Å². The monoisotopic (exact) mass is 186 g/mol. The molecule has 0 aliphatic rings. The second-order valence-electron chi connectivity index (χ2n) is 2.55. The summed E-state index contributed by atoms with van der Waals surface area (Å²) in [5, 5.41) is 2.82. The molecule has 0 bridgehead atoms. The van der Waals surface area contributed by atoms with Crippen molar-refractivity contribution >= 4 is 11.8 Å². The molecule has 0 aliphatic heterocycles. The number of hydrogen-bond acceptors (Lipinski definition) is 1. The molecule has 0 nitrogen and oxygen atoms in total. The third-order valence-corrected chi connectivity index (χ3v) is 1.78. The third kappa shape index (κ3) is 3.74. The quantitative estimate of drug-likeness (QED) is 0.561. The summed E-state index contributed by atoms with van der Waals surface area (Å²) in [5.74, 6) is 8.51. The second kappa shape index (κ2) is 5.36. The summed E-state index contributed by atoms with van der Waals surface area (Å²) in [6.45, 7) is 2.06. The van der Waals surface area contributed by atoms with Crippen LogP contribution in [0, 0.1) is 29.9 Å². The molecule has 0 fully saturated rings. The van der Waals surface area contributed by atoms with Gasteiger partial charge >= 0.3 is 0 Å². The van der Waals surface area contributed by atoms with Crippen LogP contribution in [0.25, 0.3) is 0 Å². The molecular formula is C12H10S. The Morgan fingerprint density at radius 3 is 2.38 bits per heavy atom. The van der Waals surface area contributed by atoms with Crippen molar-refractivity contribution in [3.63, 3.8) is 0 Å². The molecule has 0 unspecified atom stereocenters. The molecule has 1 heteroatoms. The van der Waals surface area contributed by atoms with E-state index < -0.39 is 0 Å². The van der Waals surface area contributed by atoms with Crippen LogP contribution >= 0.6 is 11.8 Å². The first-order chi connectivity index (χ1) is 6.33. The van der Waals surface area contributed by atoms with Crippen molar-refractivity contribution in [1.82, 2.24) is 0 Å². The van der Waals surface area contributed by atoms with Crippen molar-refractivity contribution in [2.45, 2.75) is 6.92 Å². The Hall–Kier alpha value is -1.31. The van der Waals surface area contributed by atoms with E-state index in [-0.39, 0.29) is 0 Å². The van der Waals surface area contributed by atoms with E-state index in [2.05, 4.69) is 29.9 Å². The van der Waals surface area contributed by atoms with Crippen molar-refractivity contribution in [3.8, 4) is 23.0 Å². The highest BCUT2D eigenvalue weighted by molar-refractivity contribution is 8.03.